The maximum atomic E-state index is 13.1. The zero-order valence-electron chi connectivity index (χ0n) is 18.5. The number of hydrogen-bond acceptors (Lipinski definition) is 3. The first-order chi connectivity index (χ1) is 14.9. The molecule has 0 saturated carbocycles. The van der Waals surface area contributed by atoms with E-state index in [0.29, 0.717) is 19.7 Å². The van der Waals surface area contributed by atoms with E-state index in [2.05, 4.69) is 0 Å². The summed E-state index contributed by atoms with van der Waals surface area (Å²) in [5.74, 6) is 0. The number of nitrogens with zero attached hydrogens (tertiary/aromatic N) is 1. The summed E-state index contributed by atoms with van der Waals surface area (Å²) in [7, 11) is 0. The number of benzene rings is 3. The van der Waals surface area contributed by atoms with Crippen LogP contribution in [0.1, 0.15) is 43.6 Å². The summed E-state index contributed by atoms with van der Waals surface area (Å²) in [4.78, 5) is 14.8. The van der Waals surface area contributed by atoms with Crippen molar-refractivity contribution in [3.8, 4) is 0 Å². The SMILES string of the molecule is CC(C)(C)OC(=O)N(Cc1ccccc1)CC(OCc1ccccc1)c1ccccc1. The molecule has 0 fully saturated rings. The monoisotopic (exact) mass is 417 g/mol. The lowest BCUT2D eigenvalue weighted by Gasteiger charge is -2.30. The molecule has 3 rings (SSSR count). The summed E-state index contributed by atoms with van der Waals surface area (Å²) in [6.07, 6.45) is -0.627. The van der Waals surface area contributed by atoms with Gasteiger partial charge < -0.3 is 14.4 Å². The fourth-order valence-corrected chi connectivity index (χ4v) is 3.23. The summed E-state index contributed by atoms with van der Waals surface area (Å²) in [6.45, 7) is 6.95. The van der Waals surface area contributed by atoms with E-state index in [1.165, 1.54) is 0 Å². The van der Waals surface area contributed by atoms with Gasteiger partial charge in [-0.1, -0.05) is 91.0 Å². The zero-order valence-corrected chi connectivity index (χ0v) is 18.5. The molecule has 0 aromatic heterocycles. The number of hydrogen-bond donors (Lipinski definition) is 0. The van der Waals surface area contributed by atoms with Gasteiger partial charge in [-0.05, 0) is 37.5 Å². The number of ether oxygens (including phenoxy) is 2. The van der Waals surface area contributed by atoms with Gasteiger partial charge >= 0.3 is 6.09 Å². The molecule has 1 atom stereocenters. The van der Waals surface area contributed by atoms with Crippen LogP contribution in [0.3, 0.4) is 0 Å². The molecule has 1 unspecified atom stereocenters. The van der Waals surface area contributed by atoms with Crippen LogP contribution >= 0.6 is 0 Å². The zero-order chi connectivity index (χ0) is 22.1. The van der Waals surface area contributed by atoms with Gasteiger partial charge in [0, 0.05) is 6.54 Å². The first-order valence-corrected chi connectivity index (χ1v) is 10.6. The van der Waals surface area contributed by atoms with Crippen molar-refractivity contribution in [1.82, 2.24) is 4.90 Å². The fourth-order valence-electron chi connectivity index (χ4n) is 3.23. The van der Waals surface area contributed by atoms with Crippen LogP contribution in [0.5, 0.6) is 0 Å². The van der Waals surface area contributed by atoms with E-state index >= 15 is 0 Å². The van der Waals surface area contributed by atoms with Crippen LogP contribution in [0.4, 0.5) is 4.79 Å². The molecule has 0 bridgehead atoms. The molecular weight excluding hydrogens is 386 g/mol. The van der Waals surface area contributed by atoms with E-state index in [1.54, 1.807) is 4.90 Å². The number of amides is 1. The number of rotatable bonds is 8. The van der Waals surface area contributed by atoms with Crippen molar-refractivity contribution in [2.24, 2.45) is 0 Å². The van der Waals surface area contributed by atoms with Gasteiger partial charge in [-0.25, -0.2) is 4.79 Å². The molecule has 0 N–H and O–H groups in total. The highest BCUT2D eigenvalue weighted by molar-refractivity contribution is 5.68. The molecule has 162 valence electrons. The lowest BCUT2D eigenvalue weighted by molar-refractivity contribution is -0.0105. The molecule has 31 heavy (non-hydrogen) atoms. The Morgan fingerprint density at radius 3 is 1.87 bits per heavy atom. The summed E-state index contributed by atoms with van der Waals surface area (Å²) >= 11 is 0. The summed E-state index contributed by atoms with van der Waals surface area (Å²) in [6, 6.07) is 30.0. The van der Waals surface area contributed by atoms with Crippen LogP contribution in [0.2, 0.25) is 0 Å². The fraction of sp³-hybridized carbons (Fsp3) is 0.296. The molecule has 4 nitrogen and oxygen atoms in total. The van der Waals surface area contributed by atoms with E-state index in [-0.39, 0.29) is 12.2 Å². The second kappa shape index (κ2) is 10.8. The van der Waals surface area contributed by atoms with E-state index in [1.807, 2.05) is 112 Å². The van der Waals surface area contributed by atoms with Crippen molar-refractivity contribution in [3.05, 3.63) is 108 Å². The summed E-state index contributed by atoms with van der Waals surface area (Å²) in [5, 5.41) is 0. The minimum Gasteiger partial charge on any atom is -0.444 e. The van der Waals surface area contributed by atoms with Crippen molar-refractivity contribution in [1.29, 1.82) is 0 Å². The Kier molecular flexibility index (Phi) is 7.85. The smallest absolute Gasteiger partial charge is 0.410 e. The Morgan fingerprint density at radius 1 is 0.806 bits per heavy atom. The molecule has 0 aliphatic rings. The van der Waals surface area contributed by atoms with E-state index in [4.69, 9.17) is 9.47 Å². The predicted octanol–water partition coefficient (Wildman–Crippen LogP) is 6.38. The average Bonchev–Trinajstić information content (AvgIpc) is 2.76. The topological polar surface area (TPSA) is 38.8 Å². The lowest BCUT2D eigenvalue weighted by atomic mass is 10.1. The average molecular weight is 418 g/mol. The first-order valence-electron chi connectivity index (χ1n) is 10.6. The highest BCUT2D eigenvalue weighted by Gasteiger charge is 2.26. The maximum Gasteiger partial charge on any atom is 0.410 e. The van der Waals surface area contributed by atoms with Crippen molar-refractivity contribution in [2.75, 3.05) is 6.54 Å². The molecule has 0 aliphatic heterocycles. The molecule has 4 heteroatoms. The second-order valence-corrected chi connectivity index (χ2v) is 8.54. The first kappa shape index (κ1) is 22.6. The summed E-state index contributed by atoms with van der Waals surface area (Å²) in [5.41, 5.74) is 2.60. The van der Waals surface area contributed by atoms with Crippen LogP contribution in [0.15, 0.2) is 91.0 Å². The van der Waals surface area contributed by atoms with Crippen molar-refractivity contribution >= 4 is 6.09 Å². The molecule has 3 aromatic rings. The van der Waals surface area contributed by atoms with Crippen LogP contribution in [-0.2, 0) is 22.6 Å². The van der Waals surface area contributed by atoms with Crippen molar-refractivity contribution < 1.29 is 14.3 Å². The van der Waals surface area contributed by atoms with Gasteiger partial charge in [-0.3, -0.25) is 0 Å². The number of carbonyl (C=O) groups excluding carboxylic acids is 1. The highest BCUT2D eigenvalue weighted by atomic mass is 16.6. The van der Waals surface area contributed by atoms with E-state index < -0.39 is 5.60 Å². The van der Waals surface area contributed by atoms with Gasteiger partial charge in [-0.2, -0.15) is 0 Å². The lowest BCUT2D eigenvalue weighted by Crippen LogP contribution is -2.39. The van der Waals surface area contributed by atoms with E-state index in [9.17, 15) is 4.79 Å². The molecule has 0 radical (unpaired) electrons. The third-order valence-corrected chi connectivity index (χ3v) is 4.72. The highest BCUT2D eigenvalue weighted by Crippen LogP contribution is 2.23. The number of carbonyl (C=O) groups is 1. The molecule has 0 saturated heterocycles. The van der Waals surface area contributed by atoms with Gasteiger partial charge in [0.15, 0.2) is 0 Å². The third kappa shape index (κ3) is 7.58. The molecular formula is C27H31NO3. The molecule has 3 aromatic carbocycles. The summed E-state index contributed by atoms with van der Waals surface area (Å²) < 4.78 is 12.0. The third-order valence-electron chi connectivity index (χ3n) is 4.72. The van der Waals surface area contributed by atoms with E-state index in [0.717, 1.165) is 16.7 Å². The van der Waals surface area contributed by atoms with Crippen molar-refractivity contribution in [3.63, 3.8) is 0 Å². The maximum absolute atomic E-state index is 13.1. The Labute approximate surface area is 185 Å². The Balaban J connectivity index is 1.82. The van der Waals surface area contributed by atoms with Crippen LogP contribution < -0.4 is 0 Å². The van der Waals surface area contributed by atoms with Crippen LogP contribution in [-0.4, -0.2) is 23.1 Å². The van der Waals surface area contributed by atoms with Gasteiger partial charge in [-0.15, -0.1) is 0 Å². The minimum atomic E-state index is -0.570. The quantitative estimate of drug-likeness (QED) is 0.427. The van der Waals surface area contributed by atoms with Gasteiger partial charge in [0.05, 0.1) is 13.2 Å². The van der Waals surface area contributed by atoms with Gasteiger partial charge in [0.2, 0.25) is 0 Å². The largest absolute Gasteiger partial charge is 0.444 e. The molecule has 1 amide bonds. The Morgan fingerprint density at radius 2 is 1.32 bits per heavy atom. The van der Waals surface area contributed by atoms with Crippen LogP contribution in [0, 0.1) is 0 Å². The Bertz CT molecular complexity index is 921. The minimum absolute atomic E-state index is 0.280. The van der Waals surface area contributed by atoms with Crippen LogP contribution in [0.25, 0.3) is 0 Å². The molecule has 0 spiro atoms. The second-order valence-electron chi connectivity index (χ2n) is 8.54. The van der Waals surface area contributed by atoms with Gasteiger partial charge in [0.25, 0.3) is 0 Å². The Hall–Kier alpha value is -3.11. The molecule has 0 heterocycles. The normalized spacial score (nSPS) is 12.2. The van der Waals surface area contributed by atoms with Crippen molar-refractivity contribution in [2.45, 2.75) is 45.6 Å². The predicted molar refractivity (Wildman–Crippen MR) is 124 cm³/mol. The molecule has 0 aliphatic carbocycles. The standard InChI is InChI=1S/C27H31NO3/c1-27(2,3)31-26(29)28(19-22-13-7-4-8-14-22)20-25(24-17-11-6-12-18-24)30-21-23-15-9-5-10-16-23/h4-18,25H,19-21H2,1-3H3. The van der Waals surface area contributed by atoms with Gasteiger partial charge in [0.1, 0.15) is 11.7 Å².